The van der Waals surface area contributed by atoms with Crippen LogP contribution in [0.15, 0.2) is 41.4 Å². The minimum absolute atomic E-state index is 0.0163. The number of aromatic nitrogens is 1. The van der Waals surface area contributed by atoms with Crippen molar-refractivity contribution < 1.29 is 13.2 Å². The van der Waals surface area contributed by atoms with Gasteiger partial charge in [0.05, 0.1) is 13.2 Å². The summed E-state index contributed by atoms with van der Waals surface area (Å²) in [5, 5.41) is 0. The van der Waals surface area contributed by atoms with Gasteiger partial charge in [-0.3, -0.25) is 4.90 Å². The average Bonchev–Trinajstić information content (AvgIpc) is 3.34. The van der Waals surface area contributed by atoms with Crippen LogP contribution in [0.1, 0.15) is 37.1 Å². The fourth-order valence-corrected chi connectivity index (χ4v) is 4.97. The summed E-state index contributed by atoms with van der Waals surface area (Å²) in [5.74, 6) is 0.372. The number of nitrogens with zero attached hydrogens (tertiary/aromatic N) is 2. The molecule has 1 saturated heterocycles. The minimum atomic E-state index is -3.68. The molecule has 1 unspecified atom stereocenters. The minimum Gasteiger partial charge on any atom is -0.495 e. The van der Waals surface area contributed by atoms with Crippen molar-refractivity contribution in [1.82, 2.24) is 14.2 Å². The summed E-state index contributed by atoms with van der Waals surface area (Å²) in [5.41, 5.74) is 2.09. The molecule has 0 bridgehead atoms. The van der Waals surface area contributed by atoms with Gasteiger partial charge in [-0.2, -0.15) is 0 Å². The van der Waals surface area contributed by atoms with E-state index in [0.717, 1.165) is 43.6 Å². The van der Waals surface area contributed by atoms with Crippen molar-refractivity contribution >= 4 is 10.0 Å². The van der Waals surface area contributed by atoms with Crippen molar-refractivity contribution in [2.75, 3.05) is 26.7 Å². The highest BCUT2D eigenvalue weighted by Crippen LogP contribution is 2.28. The largest absolute Gasteiger partial charge is 0.495 e. The molecular weight excluding hydrogens is 362 g/mol. The number of aryl methyl sites for hydroxylation is 2. The number of likely N-dealkylation sites (tertiary alicyclic amines) is 1. The third-order valence-electron chi connectivity index (χ3n) is 5.30. The zero-order chi connectivity index (χ0) is 19.4. The standard InChI is InChI=1S/C20H29N3O3S/c1-4-16-9-10-19(26-3)20(14-16)27(24,25)21-15-18(23-12-5-6-13-23)17-8-7-11-22(17)2/h7-11,14,18,21H,4-6,12-13,15H2,1-3H3. The lowest BCUT2D eigenvalue weighted by Gasteiger charge is -2.28. The normalized spacial score (nSPS) is 16.6. The molecule has 1 aliphatic rings. The highest BCUT2D eigenvalue weighted by Gasteiger charge is 2.28. The zero-order valence-electron chi connectivity index (χ0n) is 16.3. The van der Waals surface area contributed by atoms with Crippen LogP contribution in [-0.4, -0.2) is 44.6 Å². The van der Waals surface area contributed by atoms with Crippen molar-refractivity contribution in [1.29, 1.82) is 0 Å². The lowest BCUT2D eigenvalue weighted by atomic mass is 10.2. The molecular formula is C20H29N3O3S. The summed E-state index contributed by atoms with van der Waals surface area (Å²) in [6, 6.07) is 9.41. The quantitative estimate of drug-likeness (QED) is 0.752. The van der Waals surface area contributed by atoms with Crippen LogP contribution in [0.5, 0.6) is 5.75 Å². The molecule has 2 heterocycles. The van der Waals surface area contributed by atoms with Gasteiger partial charge in [-0.15, -0.1) is 0 Å². The van der Waals surface area contributed by atoms with E-state index in [-0.39, 0.29) is 10.9 Å². The van der Waals surface area contributed by atoms with Crippen LogP contribution in [0.4, 0.5) is 0 Å². The molecule has 6 nitrogen and oxygen atoms in total. The van der Waals surface area contributed by atoms with Crippen LogP contribution in [0.2, 0.25) is 0 Å². The predicted molar refractivity (Wildman–Crippen MR) is 107 cm³/mol. The highest BCUT2D eigenvalue weighted by atomic mass is 32.2. The number of hydrogen-bond acceptors (Lipinski definition) is 4. The van der Waals surface area contributed by atoms with Gasteiger partial charge in [0.25, 0.3) is 0 Å². The molecule has 2 aromatic rings. The Morgan fingerprint density at radius 2 is 1.96 bits per heavy atom. The van der Waals surface area contributed by atoms with Gasteiger partial charge >= 0.3 is 0 Å². The number of rotatable bonds is 8. The summed E-state index contributed by atoms with van der Waals surface area (Å²) in [7, 11) is -0.177. The van der Waals surface area contributed by atoms with Gasteiger partial charge in [0.15, 0.2) is 0 Å². The molecule has 0 aliphatic carbocycles. The van der Waals surface area contributed by atoms with Gasteiger partial charge in [-0.25, -0.2) is 13.1 Å². The fraction of sp³-hybridized carbons (Fsp3) is 0.500. The number of methoxy groups -OCH3 is 1. The second-order valence-electron chi connectivity index (χ2n) is 6.99. The van der Waals surface area contributed by atoms with E-state index >= 15 is 0 Å². The van der Waals surface area contributed by atoms with Gasteiger partial charge < -0.3 is 9.30 Å². The molecule has 0 saturated carbocycles. The first-order chi connectivity index (χ1) is 13.0. The third kappa shape index (κ3) is 4.36. The van der Waals surface area contributed by atoms with E-state index < -0.39 is 10.0 Å². The number of nitrogens with one attached hydrogen (secondary N) is 1. The molecule has 1 atom stereocenters. The van der Waals surface area contributed by atoms with E-state index in [1.54, 1.807) is 12.1 Å². The highest BCUT2D eigenvalue weighted by molar-refractivity contribution is 7.89. The van der Waals surface area contributed by atoms with Crippen molar-refractivity contribution in [3.8, 4) is 5.75 Å². The summed E-state index contributed by atoms with van der Waals surface area (Å²) in [4.78, 5) is 2.56. The Balaban J connectivity index is 1.85. The predicted octanol–water partition coefficient (Wildman–Crippen LogP) is 2.71. The van der Waals surface area contributed by atoms with Crippen LogP contribution in [-0.2, 0) is 23.5 Å². The lowest BCUT2D eigenvalue weighted by Crippen LogP contribution is -2.37. The summed E-state index contributed by atoms with van der Waals surface area (Å²) >= 11 is 0. The molecule has 1 aromatic heterocycles. The maximum atomic E-state index is 13.0. The van der Waals surface area contributed by atoms with E-state index in [1.165, 1.54) is 7.11 Å². The zero-order valence-corrected chi connectivity index (χ0v) is 17.1. The molecule has 7 heteroatoms. The van der Waals surface area contributed by atoms with Crippen molar-refractivity contribution in [2.24, 2.45) is 7.05 Å². The summed E-state index contributed by atoms with van der Waals surface area (Å²) in [6.45, 7) is 4.32. The van der Waals surface area contributed by atoms with Crippen molar-refractivity contribution in [2.45, 2.75) is 37.1 Å². The van der Waals surface area contributed by atoms with Crippen molar-refractivity contribution in [3.63, 3.8) is 0 Å². The van der Waals surface area contributed by atoms with Crippen LogP contribution >= 0.6 is 0 Å². The van der Waals surface area contributed by atoms with Gasteiger partial charge in [-0.05, 0) is 62.2 Å². The molecule has 0 amide bonds. The number of hydrogen-bond donors (Lipinski definition) is 1. The number of sulfonamides is 1. The molecule has 148 valence electrons. The molecule has 1 aromatic carbocycles. The first kappa shape index (κ1) is 19.9. The van der Waals surface area contributed by atoms with Crippen LogP contribution in [0, 0.1) is 0 Å². The second-order valence-corrected chi connectivity index (χ2v) is 8.73. The average molecular weight is 392 g/mol. The molecule has 0 spiro atoms. The first-order valence-electron chi connectivity index (χ1n) is 9.48. The van der Waals surface area contributed by atoms with Gasteiger partial charge in [-0.1, -0.05) is 13.0 Å². The fourth-order valence-electron chi connectivity index (χ4n) is 3.71. The van der Waals surface area contributed by atoms with Crippen molar-refractivity contribution in [3.05, 3.63) is 47.8 Å². The van der Waals surface area contributed by atoms with Crippen LogP contribution in [0.25, 0.3) is 0 Å². The topological polar surface area (TPSA) is 63.6 Å². The SMILES string of the molecule is CCc1ccc(OC)c(S(=O)(=O)NCC(c2cccn2C)N2CCCC2)c1. The van der Waals surface area contributed by atoms with Crippen LogP contribution in [0.3, 0.4) is 0 Å². The van der Waals surface area contributed by atoms with E-state index in [2.05, 4.69) is 20.3 Å². The van der Waals surface area contributed by atoms with E-state index in [4.69, 9.17) is 4.74 Å². The maximum Gasteiger partial charge on any atom is 0.244 e. The smallest absolute Gasteiger partial charge is 0.244 e. The molecule has 0 radical (unpaired) electrons. The van der Waals surface area contributed by atoms with Gasteiger partial charge in [0.1, 0.15) is 10.6 Å². The Hall–Kier alpha value is -1.83. The second kappa shape index (κ2) is 8.46. The maximum absolute atomic E-state index is 13.0. The lowest BCUT2D eigenvalue weighted by molar-refractivity contribution is 0.238. The Morgan fingerprint density at radius 1 is 1.22 bits per heavy atom. The van der Waals surface area contributed by atoms with E-state index in [9.17, 15) is 8.42 Å². The van der Waals surface area contributed by atoms with E-state index in [1.807, 2.05) is 32.3 Å². The molecule has 27 heavy (non-hydrogen) atoms. The molecule has 1 aliphatic heterocycles. The number of benzene rings is 1. The van der Waals surface area contributed by atoms with Gasteiger partial charge in [0.2, 0.25) is 10.0 Å². The Labute approximate surface area is 162 Å². The Bertz CT molecular complexity index is 870. The molecule has 1 fully saturated rings. The first-order valence-corrected chi connectivity index (χ1v) is 11.0. The van der Waals surface area contributed by atoms with Crippen LogP contribution < -0.4 is 9.46 Å². The monoisotopic (exact) mass is 391 g/mol. The summed E-state index contributed by atoms with van der Waals surface area (Å²) in [6.07, 6.45) is 5.08. The third-order valence-corrected chi connectivity index (χ3v) is 6.74. The molecule has 1 N–H and O–H groups in total. The molecule has 3 rings (SSSR count). The van der Waals surface area contributed by atoms with E-state index in [0.29, 0.717) is 12.3 Å². The number of ether oxygens (including phenoxy) is 1. The Morgan fingerprint density at radius 3 is 2.56 bits per heavy atom. The summed E-state index contributed by atoms with van der Waals surface area (Å²) < 4.78 is 36.3. The Kier molecular flexibility index (Phi) is 6.24. The van der Waals surface area contributed by atoms with Gasteiger partial charge in [0, 0.05) is 25.5 Å².